The summed E-state index contributed by atoms with van der Waals surface area (Å²) in [5, 5.41) is 11.5. The summed E-state index contributed by atoms with van der Waals surface area (Å²) in [5.74, 6) is 0.119. The van der Waals surface area contributed by atoms with Gasteiger partial charge in [0.15, 0.2) is 4.87 Å². The predicted molar refractivity (Wildman–Crippen MR) is 43.7 cm³/mol. The zero-order valence-corrected chi connectivity index (χ0v) is 7.22. The highest BCUT2D eigenvalue weighted by Gasteiger charge is 2.36. The summed E-state index contributed by atoms with van der Waals surface area (Å²) >= 11 is 1.44. The van der Waals surface area contributed by atoms with Crippen LogP contribution in [0.1, 0.15) is 6.92 Å². The van der Waals surface area contributed by atoms with E-state index in [0.717, 1.165) is 12.3 Å². The number of carboxylic acid groups (broad SMARTS) is 1. The van der Waals surface area contributed by atoms with Crippen LogP contribution < -0.4 is 5.32 Å². The topological polar surface area (TPSA) is 49.3 Å². The van der Waals surface area contributed by atoms with Gasteiger partial charge in [-0.05, 0) is 6.92 Å². The number of rotatable bonds is 1. The molecule has 1 unspecified atom stereocenters. The quantitative estimate of drug-likeness (QED) is 0.624. The van der Waals surface area contributed by atoms with E-state index in [1.807, 2.05) is 0 Å². The number of thioether (sulfide) groups is 1. The van der Waals surface area contributed by atoms with Gasteiger partial charge in [0.2, 0.25) is 0 Å². The van der Waals surface area contributed by atoms with Gasteiger partial charge in [-0.2, -0.15) is 0 Å². The molecule has 0 amide bonds. The molecule has 0 spiro atoms. The number of carboxylic acids is 1. The highest BCUT2D eigenvalue weighted by atomic mass is 35.5. The van der Waals surface area contributed by atoms with Crippen molar-refractivity contribution in [3.8, 4) is 0 Å². The van der Waals surface area contributed by atoms with Gasteiger partial charge >= 0.3 is 5.97 Å². The van der Waals surface area contributed by atoms with E-state index in [1.165, 1.54) is 11.8 Å². The van der Waals surface area contributed by atoms with Crippen molar-refractivity contribution < 1.29 is 9.90 Å². The fourth-order valence-corrected chi connectivity index (χ4v) is 1.67. The van der Waals surface area contributed by atoms with E-state index in [9.17, 15) is 4.79 Å². The molecule has 1 rings (SSSR count). The van der Waals surface area contributed by atoms with Crippen molar-refractivity contribution in [1.29, 1.82) is 0 Å². The first kappa shape index (κ1) is 10.1. The number of hydrogen-bond acceptors (Lipinski definition) is 3. The Hall–Kier alpha value is 0.0700. The molecule has 3 nitrogen and oxygen atoms in total. The van der Waals surface area contributed by atoms with Gasteiger partial charge in [-0.3, -0.25) is 5.32 Å². The highest BCUT2D eigenvalue weighted by Crippen LogP contribution is 2.26. The summed E-state index contributed by atoms with van der Waals surface area (Å²) < 4.78 is 0. The van der Waals surface area contributed by atoms with E-state index in [4.69, 9.17) is 5.11 Å². The Bertz CT molecular complexity index is 136. The summed E-state index contributed by atoms with van der Waals surface area (Å²) in [6, 6.07) is 0. The van der Waals surface area contributed by atoms with E-state index >= 15 is 0 Å². The number of aliphatic carboxylic acids is 1. The maximum Gasteiger partial charge on any atom is 0.334 e. The van der Waals surface area contributed by atoms with Gasteiger partial charge in [-0.15, -0.1) is 24.2 Å². The lowest BCUT2D eigenvalue weighted by atomic mass is 10.3. The second-order valence-corrected chi connectivity index (χ2v) is 3.63. The Labute approximate surface area is 70.0 Å². The molecule has 1 aliphatic heterocycles. The predicted octanol–water partition coefficient (Wildman–Crippen LogP) is 0.545. The van der Waals surface area contributed by atoms with Crippen LogP contribution in [0.5, 0.6) is 0 Å². The molecule has 0 bridgehead atoms. The molecule has 5 heteroatoms. The first-order chi connectivity index (χ1) is 4.15. The van der Waals surface area contributed by atoms with E-state index in [2.05, 4.69) is 5.32 Å². The summed E-state index contributed by atoms with van der Waals surface area (Å²) in [5.41, 5.74) is 0. The molecule has 0 aromatic heterocycles. The third kappa shape index (κ3) is 1.78. The average Bonchev–Trinajstić information content (AvgIpc) is 2.16. The van der Waals surface area contributed by atoms with E-state index in [1.54, 1.807) is 6.92 Å². The van der Waals surface area contributed by atoms with Crippen LogP contribution in [0.15, 0.2) is 0 Å². The van der Waals surface area contributed by atoms with Crippen molar-refractivity contribution >= 4 is 30.1 Å². The molecule has 1 heterocycles. The fraction of sp³-hybridized carbons (Fsp3) is 0.800. The summed E-state index contributed by atoms with van der Waals surface area (Å²) in [4.78, 5) is 9.72. The number of carbonyl (C=O) groups is 1. The van der Waals surface area contributed by atoms with Crippen molar-refractivity contribution in [1.82, 2.24) is 5.32 Å². The molecule has 0 saturated carbocycles. The van der Waals surface area contributed by atoms with Crippen LogP contribution in [0.25, 0.3) is 0 Å². The van der Waals surface area contributed by atoms with Crippen molar-refractivity contribution in [3.63, 3.8) is 0 Å². The first-order valence-electron chi connectivity index (χ1n) is 2.77. The van der Waals surface area contributed by atoms with Gasteiger partial charge in [-0.25, -0.2) is 4.79 Å². The lowest BCUT2D eigenvalue weighted by Crippen LogP contribution is -2.41. The van der Waals surface area contributed by atoms with Crippen LogP contribution in [0, 0.1) is 0 Å². The molecule has 10 heavy (non-hydrogen) atoms. The fourth-order valence-electron chi connectivity index (χ4n) is 0.733. The second-order valence-electron chi connectivity index (χ2n) is 2.11. The van der Waals surface area contributed by atoms with Crippen LogP contribution in [-0.2, 0) is 4.79 Å². The molecule has 1 atom stereocenters. The maximum absolute atomic E-state index is 10.4. The minimum Gasteiger partial charge on any atom is -0.479 e. The van der Waals surface area contributed by atoms with Crippen molar-refractivity contribution in [2.45, 2.75) is 11.8 Å². The van der Waals surface area contributed by atoms with E-state index in [0.29, 0.717) is 0 Å². The molecule has 2 N–H and O–H groups in total. The number of halogens is 1. The van der Waals surface area contributed by atoms with Crippen LogP contribution >= 0.6 is 24.2 Å². The van der Waals surface area contributed by atoms with Crippen molar-refractivity contribution in [3.05, 3.63) is 0 Å². The second kappa shape index (κ2) is 3.46. The van der Waals surface area contributed by atoms with E-state index in [-0.39, 0.29) is 12.4 Å². The zero-order chi connectivity index (χ0) is 6.91. The van der Waals surface area contributed by atoms with Crippen LogP contribution in [0.2, 0.25) is 0 Å². The lowest BCUT2D eigenvalue weighted by Gasteiger charge is -2.15. The summed E-state index contributed by atoms with van der Waals surface area (Å²) in [7, 11) is 0. The van der Waals surface area contributed by atoms with Crippen LogP contribution in [0.4, 0.5) is 0 Å². The standard InChI is InChI=1S/C5H9NO2S.ClH/c1-5(4(7)8)6-2-3-9-5;/h6H,2-3H2,1H3,(H,7,8);1H. The molecule has 0 aromatic carbocycles. The molecule has 1 fully saturated rings. The molecule has 1 aliphatic rings. The Balaban J connectivity index is 0.000000810. The normalized spacial score (nSPS) is 31.3. The Morgan fingerprint density at radius 1 is 1.80 bits per heavy atom. The van der Waals surface area contributed by atoms with Gasteiger partial charge in [0, 0.05) is 12.3 Å². The maximum atomic E-state index is 10.4. The minimum absolute atomic E-state index is 0. The van der Waals surface area contributed by atoms with Gasteiger partial charge in [-0.1, -0.05) is 0 Å². The van der Waals surface area contributed by atoms with Crippen LogP contribution in [0.3, 0.4) is 0 Å². The Morgan fingerprint density at radius 3 is 2.60 bits per heavy atom. The average molecular weight is 184 g/mol. The largest absolute Gasteiger partial charge is 0.479 e. The first-order valence-corrected chi connectivity index (χ1v) is 3.76. The molecular weight excluding hydrogens is 174 g/mol. The van der Waals surface area contributed by atoms with Crippen molar-refractivity contribution in [2.75, 3.05) is 12.3 Å². The van der Waals surface area contributed by atoms with Gasteiger partial charge in [0.05, 0.1) is 0 Å². The molecule has 0 aromatic rings. The third-order valence-corrected chi connectivity index (χ3v) is 2.67. The molecule has 1 saturated heterocycles. The molecule has 0 radical (unpaired) electrons. The van der Waals surface area contributed by atoms with E-state index < -0.39 is 10.8 Å². The monoisotopic (exact) mass is 183 g/mol. The Kier molecular flexibility index (Phi) is 3.48. The van der Waals surface area contributed by atoms with Gasteiger partial charge in [0.1, 0.15) is 0 Å². The minimum atomic E-state index is -0.773. The Morgan fingerprint density at radius 2 is 2.40 bits per heavy atom. The lowest BCUT2D eigenvalue weighted by molar-refractivity contribution is -0.140. The van der Waals surface area contributed by atoms with Crippen LogP contribution in [-0.4, -0.2) is 28.2 Å². The number of nitrogens with one attached hydrogen (secondary N) is 1. The SMILES string of the molecule is CC1(C(=O)O)NCCS1.Cl. The summed E-state index contributed by atoms with van der Waals surface area (Å²) in [6.45, 7) is 2.49. The van der Waals surface area contributed by atoms with Crippen molar-refractivity contribution in [2.24, 2.45) is 0 Å². The highest BCUT2D eigenvalue weighted by molar-refractivity contribution is 8.01. The van der Waals surface area contributed by atoms with Gasteiger partial charge < -0.3 is 5.11 Å². The zero-order valence-electron chi connectivity index (χ0n) is 5.59. The third-order valence-electron chi connectivity index (χ3n) is 1.36. The molecule has 0 aliphatic carbocycles. The molecule has 60 valence electrons. The molecular formula is C5H10ClNO2S. The smallest absolute Gasteiger partial charge is 0.334 e. The van der Waals surface area contributed by atoms with Gasteiger partial charge in [0.25, 0.3) is 0 Å². The number of hydrogen-bond donors (Lipinski definition) is 2. The summed E-state index contributed by atoms with van der Waals surface area (Å²) in [6.07, 6.45) is 0.